The molecule has 0 aliphatic rings. The monoisotopic (exact) mass is 361 g/mol. The van der Waals surface area contributed by atoms with E-state index in [1.54, 1.807) is 26.2 Å². The van der Waals surface area contributed by atoms with E-state index in [4.69, 9.17) is 13.9 Å². The summed E-state index contributed by atoms with van der Waals surface area (Å²) in [5.74, 6) is 2.66. The Hall–Kier alpha value is -2.67. The molecule has 26 heavy (non-hydrogen) atoms. The molecule has 0 amide bonds. The van der Waals surface area contributed by atoms with Crippen LogP contribution >= 0.6 is 0 Å². The molecule has 0 saturated carbocycles. The van der Waals surface area contributed by atoms with E-state index in [1.807, 2.05) is 31.2 Å². The molecule has 3 N–H and O–H groups in total. The van der Waals surface area contributed by atoms with Gasteiger partial charge in [-0.25, -0.2) is 4.99 Å². The molecule has 1 unspecified atom stereocenters. The van der Waals surface area contributed by atoms with Crippen molar-refractivity contribution in [2.75, 3.05) is 33.4 Å². The second kappa shape index (κ2) is 9.72. The first-order valence-electron chi connectivity index (χ1n) is 8.60. The normalized spacial score (nSPS) is 13.8. The van der Waals surface area contributed by atoms with Crippen LogP contribution < -0.4 is 20.1 Å². The molecule has 2 rings (SSSR count). The highest BCUT2D eigenvalue weighted by atomic mass is 16.5. The Morgan fingerprint density at radius 3 is 2.54 bits per heavy atom. The van der Waals surface area contributed by atoms with Crippen LogP contribution in [-0.2, 0) is 5.60 Å². The van der Waals surface area contributed by atoms with E-state index in [-0.39, 0.29) is 6.54 Å². The number of hydrogen-bond acceptors (Lipinski definition) is 5. The molecule has 0 radical (unpaired) electrons. The summed E-state index contributed by atoms with van der Waals surface area (Å²) in [6.07, 6.45) is 1.54. The Balaban J connectivity index is 1.81. The fraction of sp³-hybridized carbons (Fsp3) is 0.421. The third kappa shape index (κ3) is 6.00. The van der Waals surface area contributed by atoms with Gasteiger partial charge in [0.05, 0.1) is 26.5 Å². The molecule has 1 aromatic carbocycles. The zero-order valence-electron chi connectivity index (χ0n) is 15.5. The van der Waals surface area contributed by atoms with Gasteiger partial charge in [0.2, 0.25) is 0 Å². The van der Waals surface area contributed by atoms with Crippen LogP contribution in [0.1, 0.15) is 19.6 Å². The van der Waals surface area contributed by atoms with E-state index in [0.717, 1.165) is 11.5 Å². The predicted molar refractivity (Wildman–Crippen MR) is 101 cm³/mol. The standard InChI is InChI=1S/C19H27N3O4/c1-4-20-18(22-14-19(2,23)17-6-5-12-26-17)21-11-13-25-16-9-7-15(24-3)8-10-16/h5-10,12,23H,4,11,13-14H2,1-3H3,(H2,20,21,22). The maximum atomic E-state index is 10.5. The lowest BCUT2D eigenvalue weighted by Gasteiger charge is -2.19. The number of aliphatic imine (C=N–C) groups is 1. The minimum Gasteiger partial charge on any atom is -0.497 e. The Kier molecular flexibility index (Phi) is 7.35. The van der Waals surface area contributed by atoms with Crippen LogP contribution in [0, 0.1) is 0 Å². The average Bonchev–Trinajstić information content (AvgIpc) is 3.19. The fourth-order valence-electron chi connectivity index (χ4n) is 2.25. The Morgan fingerprint density at radius 2 is 1.92 bits per heavy atom. The maximum Gasteiger partial charge on any atom is 0.191 e. The quantitative estimate of drug-likeness (QED) is 0.360. The summed E-state index contributed by atoms with van der Waals surface area (Å²) in [5, 5.41) is 16.8. The first-order chi connectivity index (χ1) is 12.5. The lowest BCUT2D eigenvalue weighted by atomic mass is 10.0. The van der Waals surface area contributed by atoms with Crippen LogP contribution in [0.4, 0.5) is 0 Å². The second-order valence-electron chi connectivity index (χ2n) is 5.90. The van der Waals surface area contributed by atoms with Crippen molar-refractivity contribution in [3.05, 3.63) is 48.4 Å². The third-order valence-electron chi connectivity index (χ3n) is 3.66. The van der Waals surface area contributed by atoms with Gasteiger partial charge in [0.1, 0.15) is 29.5 Å². The van der Waals surface area contributed by atoms with Crippen molar-refractivity contribution in [3.8, 4) is 11.5 Å². The second-order valence-corrected chi connectivity index (χ2v) is 5.90. The van der Waals surface area contributed by atoms with Gasteiger partial charge in [-0.15, -0.1) is 0 Å². The molecule has 0 aliphatic heterocycles. The zero-order chi connectivity index (χ0) is 18.8. The van der Waals surface area contributed by atoms with E-state index in [0.29, 0.717) is 31.4 Å². The van der Waals surface area contributed by atoms with Crippen molar-refractivity contribution >= 4 is 5.96 Å². The zero-order valence-corrected chi connectivity index (χ0v) is 15.5. The van der Waals surface area contributed by atoms with Gasteiger partial charge in [-0.2, -0.15) is 0 Å². The number of nitrogens with one attached hydrogen (secondary N) is 2. The first kappa shape index (κ1) is 19.7. The highest BCUT2D eigenvalue weighted by Crippen LogP contribution is 2.21. The van der Waals surface area contributed by atoms with Crippen molar-refractivity contribution in [2.45, 2.75) is 19.4 Å². The lowest BCUT2D eigenvalue weighted by molar-refractivity contribution is 0.0437. The molecule has 1 heterocycles. The van der Waals surface area contributed by atoms with Crippen molar-refractivity contribution in [1.82, 2.24) is 10.6 Å². The van der Waals surface area contributed by atoms with E-state index >= 15 is 0 Å². The van der Waals surface area contributed by atoms with Gasteiger partial charge < -0.3 is 29.6 Å². The number of aliphatic hydroxyl groups is 1. The first-order valence-corrected chi connectivity index (χ1v) is 8.60. The van der Waals surface area contributed by atoms with Gasteiger partial charge in [0.25, 0.3) is 0 Å². The highest BCUT2D eigenvalue weighted by Gasteiger charge is 2.25. The summed E-state index contributed by atoms with van der Waals surface area (Å²) in [7, 11) is 1.63. The number of nitrogens with zero attached hydrogens (tertiary/aromatic N) is 1. The number of hydrogen-bond donors (Lipinski definition) is 3. The van der Waals surface area contributed by atoms with Crippen molar-refractivity contribution in [1.29, 1.82) is 0 Å². The molecule has 7 heteroatoms. The van der Waals surface area contributed by atoms with Gasteiger partial charge in [-0.3, -0.25) is 0 Å². The van der Waals surface area contributed by atoms with E-state index in [2.05, 4.69) is 15.6 Å². The van der Waals surface area contributed by atoms with Crippen molar-refractivity contribution in [3.63, 3.8) is 0 Å². The van der Waals surface area contributed by atoms with Crippen molar-refractivity contribution < 1.29 is 19.0 Å². The number of furan rings is 1. The third-order valence-corrected chi connectivity index (χ3v) is 3.66. The largest absolute Gasteiger partial charge is 0.497 e. The molecular weight excluding hydrogens is 334 g/mol. The SMILES string of the molecule is CCNC(=NCC(C)(O)c1ccco1)NCCOc1ccc(OC)cc1. The summed E-state index contributed by atoms with van der Waals surface area (Å²) in [5.41, 5.74) is -1.16. The Bertz CT molecular complexity index is 667. The number of benzene rings is 1. The number of methoxy groups -OCH3 is 1. The minimum atomic E-state index is -1.16. The molecule has 0 fully saturated rings. The van der Waals surface area contributed by atoms with Crippen LogP contribution in [-0.4, -0.2) is 44.4 Å². The highest BCUT2D eigenvalue weighted by molar-refractivity contribution is 5.79. The molecule has 0 bridgehead atoms. The van der Waals surface area contributed by atoms with Gasteiger partial charge in [-0.05, 0) is 50.2 Å². The van der Waals surface area contributed by atoms with Gasteiger partial charge >= 0.3 is 0 Å². The number of rotatable bonds is 9. The molecule has 1 atom stereocenters. The molecule has 142 valence electrons. The molecule has 0 saturated heterocycles. The van der Waals surface area contributed by atoms with Crippen LogP contribution in [0.5, 0.6) is 11.5 Å². The topological polar surface area (TPSA) is 88.3 Å². The van der Waals surface area contributed by atoms with Crippen LogP contribution in [0.3, 0.4) is 0 Å². The van der Waals surface area contributed by atoms with E-state index in [9.17, 15) is 5.11 Å². The molecule has 7 nitrogen and oxygen atoms in total. The van der Waals surface area contributed by atoms with Crippen LogP contribution in [0.2, 0.25) is 0 Å². The average molecular weight is 361 g/mol. The summed E-state index contributed by atoms with van der Waals surface area (Å²) < 4.78 is 16.1. The maximum absolute atomic E-state index is 10.5. The Morgan fingerprint density at radius 1 is 1.19 bits per heavy atom. The van der Waals surface area contributed by atoms with Gasteiger partial charge in [0.15, 0.2) is 5.96 Å². The fourth-order valence-corrected chi connectivity index (χ4v) is 2.25. The molecule has 0 spiro atoms. The molecular formula is C19H27N3O4. The van der Waals surface area contributed by atoms with Crippen molar-refractivity contribution in [2.24, 2.45) is 4.99 Å². The smallest absolute Gasteiger partial charge is 0.191 e. The molecule has 1 aromatic heterocycles. The Labute approximate surface area is 154 Å². The number of guanidine groups is 1. The summed E-state index contributed by atoms with van der Waals surface area (Å²) in [4.78, 5) is 4.42. The molecule has 0 aliphatic carbocycles. The summed E-state index contributed by atoms with van der Waals surface area (Å²) in [6, 6.07) is 10.9. The van der Waals surface area contributed by atoms with E-state index < -0.39 is 5.60 Å². The molecule has 2 aromatic rings. The summed E-state index contributed by atoms with van der Waals surface area (Å²) >= 11 is 0. The lowest BCUT2D eigenvalue weighted by Crippen LogP contribution is -2.40. The predicted octanol–water partition coefficient (Wildman–Crippen LogP) is 2.13. The van der Waals surface area contributed by atoms with Crippen LogP contribution in [0.15, 0.2) is 52.1 Å². The van der Waals surface area contributed by atoms with Crippen LogP contribution in [0.25, 0.3) is 0 Å². The summed E-state index contributed by atoms with van der Waals surface area (Å²) in [6.45, 7) is 5.59. The number of ether oxygens (including phenoxy) is 2. The van der Waals surface area contributed by atoms with Gasteiger partial charge in [-0.1, -0.05) is 0 Å². The van der Waals surface area contributed by atoms with E-state index in [1.165, 1.54) is 6.26 Å². The minimum absolute atomic E-state index is 0.176. The van der Waals surface area contributed by atoms with Gasteiger partial charge in [0, 0.05) is 6.54 Å².